The van der Waals surface area contributed by atoms with Crippen LogP contribution in [-0.4, -0.2) is 21.5 Å². The standard InChI is InChI=1S/C19H20N4S/c1-11(2)9-20-19-21-10-15-14(5-7-16(15)23-19)13-4-6-17-18(8-13)24-12(3)22-17/h4-6,8,10-11H,7,9H2,1-3H3,(H,20,21,23). The molecule has 4 nitrogen and oxygen atoms in total. The normalized spacial score (nSPS) is 13.4. The molecule has 0 saturated heterocycles. The van der Waals surface area contributed by atoms with Crippen molar-refractivity contribution in [1.82, 2.24) is 15.0 Å². The van der Waals surface area contributed by atoms with Crippen molar-refractivity contribution in [3.05, 3.63) is 52.3 Å². The molecule has 5 heteroatoms. The molecule has 2 aromatic heterocycles. The molecular weight excluding hydrogens is 316 g/mol. The van der Waals surface area contributed by atoms with Gasteiger partial charge in [0.25, 0.3) is 0 Å². The van der Waals surface area contributed by atoms with Crippen molar-refractivity contribution >= 4 is 33.1 Å². The molecule has 0 aliphatic heterocycles. The number of allylic oxidation sites excluding steroid dienone is 1. The maximum Gasteiger partial charge on any atom is 0.222 e. The van der Waals surface area contributed by atoms with Gasteiger partial charge in [-0.3, -0.25) is 0 Å². The zero-order valence-electron chi connectivity index (χ0n) is 14.1. The van der Waals surface area contributed by atoms with Crippen LogP contribution in [0.2, 0.25) is 0 Å². The number of aryl methyl sites for hydroxylation is 1. The van der Waals surface area contributed by atoms with Crippen LogP contribution in [0.1, 0.15) is 35.7 Å². The molecule has 0 saturated carbocycles. The predicted molar refractivity (Wildman–Crippen MR) is 100 cm³/mol. The molecule has 122 valence electrons. The number of nitrogens with zero attached hydrogens (tertiary/aromatic N) is 3. The first kappa shape index (κ1) is 15.3. The monoisotopic (exact) mass is 336 g/mol. The third-order valence-corrected chi connectivity index (χ3v) is 5.07. The Kier molecular flexibility index (Phi) is 3.81. The van der Waals surface area contributed by atoms with E-state index in [1.54, 1.807) is 11.3 Å². The molecule has 0 bridgehead atoms. The highest BCUT2D eigenvalue weighted by Gasteiger charge is 2.19. The van der Waals surface area contributed by atoms with Crippen molar-refractivity contribution in [3.63, 3.8) is 0 Å². The zero-order chi connectivity index (χ0) is 16.7. The molecule has 1 aromatic carbocycles. The Morgan fingerprint density at radius 3 is 2.96 bits per heavy atom. The van der Waals surface area contributed by atoms with Crippen LogP contribution in [0.4, 0.5) is 5.95 Å². The smallest absolute Gasteiger partial charge is 0.222 e. The number of hydrogen-bond donors (Lipinski definition) is 1. The van der Waals surface area contributed by atoms with Crippen LogP contribution < -0.4 is 5.32 Å². The second-order valence-corrected chi connectivity index (χ2v) is 7.80. The van der Waals surface area contributed by atoms with Crippen LogP contribution >= 0.6 is 11.3 Å². The van der Waals surface area contributed by atoms with E-state index in [4.69, 9.17) is 0 Å². The number of thiazole rings is 1. The van der Waals surface area contributed by atoms with E-state index in [0.717, 1.165) is 40.7 Å². The Morgan fingerprint density at radius 2 is 2.12 bits per heavy atom. The summed E-state index contributed by atoms with van der Waals surface area (Å²) in [6.45, 7) is 7.29. The number of hydrogen-bond acceptors (Lipinski definition) is 5. The minimum Gasteiger partial charge on any atom is -0.354 e. The van der Waals surface area contributed by atoms with Crippen molar-refractivity contribution < 1.29 is 0 Å². The highest BCUT2D eigenvalue weighted by molar-refractivity contribution is 7.18. The van der Waals surface area contributed by atoms with Crippen molar-refractivity contribution in [3.8, 4) is 0 Å². The molecule has 4 rings (SSSR count). The SMILES string of the molecule is Cc1nc2ccc(C3=CCc4nc(NCC(C)C)ncc43)cc2s1. The quantitative estimate of drug-likeness (QED) is 0.765. The Morgan fingerprint density at radius 1 is 1.25 bits per heavy atom. The number of aromatic nitrogens is 3. The van der Waals surface area contributed by atoms with E-state index in [9.17, 15) is 0 Å². The molecule has 1 N–H and O–H groups in total. The van der Waals surface area contributed by atoms with Gasteiger partial charge < -0.3 is 5.32 Å². The summed E-state index contributed by atoms with van der Waals surface area (Å²) in [6.07, 6.45) is 5.07. The van der Waals surface area contributed by atoms with E-state index in [2.05, 4.69) is 58.4 Å². The lowest BCUT2D eigenvalue weighted by Crippen LogP contribution is -2.11. The molecule has 24 heavy (non-hydrogen) atoms. The molecule has 3 aromatic rings. The fraction of sp³-hybridized carbons (Fsp3) is 0.316. The lowest BCUT2D eigenvalue weighted by Gasteiger charge is -2.10. The van der Waals surface area contributed by atoms with Crippen LogP contribution in [0.15, 0.2) is 30.5 Å². The summed E-state index contributed by atoms with van der Waals surface area (Å²) >= 11 is 1.74. The van der Waals surface area contributed by atoms with Crippen molar-refractivity contribution in [2.24, 2.45) is 5.92 Å². The molecular formula is C19H20N4S. The summed E-state index contributed by atoms with van der Waals surface area (Å²) in [5.41, 5.74) is 5.77. The van der Waals surface area contributed by atoms with Gasteiger partial charge in [-0.05, 0) is 36.1 Å². The molecule has 0 fully saturated rings. The molecule has 1 aliphatic rings. The lowest BCUT2D eigenvalue weighted by atomic mass is 10.0. The van der Waals surface area contributed by atoms with E-state index in [-0.39, 0.29) is 0 Å². The fourth-order valence-corrected chi connectivity index (χ4v) is 3.83. The van der Waals surface area contributed by atoms with Gasteiger partial charge in [0.2, 0.25) is 5.95 Å². The summed E-state index contributed by atoms with van der Waals surface area (Å²) in [5, 5.41) is 4.41. The van der Waals surface area contributed by atoms with Crippen LogP contribution in [0.5, 0.6) is 0 Å². The Labute approximate surface area is 145 Å². The Bertz CT molecular complexity index is 940. The topological polar surface area (TPSA) is 50.7 Å². The maximum atomic E-state index is 4.68. The Balaban J connectivity index is 1.64. The number of benzene rings is 1. The minimum absolute atomic E-state index is 0.574. The second-order valence-electron chi connectivity index (χ2n) is 6.57. The number of anilines is 1. The second kappa shape index (κ2) is 5.98. The maximum absolute atomic E-state index is 4.68. The van der Waals surface area contributed by atoms with Gasteiger partial charge in [-0.2, -0.15) is 0 Å². The molecule has 1 aliphatic carbocycles. The summed E-state index contributed by atoms with van der Waals surface area (Å²) in [4.78, 5) is 13.7. The average molecular weight is 336 g/mol. The van der Waals surface area contributed by atoms with Gasteiger partial charge in [0, 0.05) is 24.7 Å². The summed E-state index contributed by atoms with van der Waals surface area (Å²) < 4.78 is 1.23. The van der Waals surface area contributed by atoms with Crippen molar-refractivity contribution in [1.29, 1.82) is 0 Å². The van der Waals surface area contributed by atoms with Gasteiger partial charge in [-0.15, -0.1) is 11.3 Å². The van der Waals surface area contributed by atoms with Gasteiger partial charge in [0.1, 0.15) is 0 Å². The van der Waals surface area contributed by atoms with Crippen LogP contribution in [0, 0.1) is 12.8 Å². The third-order valence-electron chi connectivity index (χ3n) is 4.13. The van der Waals surface area contributed by atoms with Gasteiger partial charge in [-0.25, -0.2) is 15.0 Å². The van der Waals surface area contributed by atoms with E-state index < -0.39 is 0 Å². The van der Waals surface area contributed by atoms with Crippen LogP contribution in [-0.2, 0) is 6.42 Å². The molecule has 0 amide bonds. The number of fused-ring (bicyclic) bond motifs is 2. The zero-order valence-corrected chi connectivity index (χ0v) is 14.9. The van der Waals surface area contributed by atoms with E-state index in [0.29, 0.717) is 5.92 Å². The highest BCUT2D eigenvalue weighted by atomic mass is 32.1. The summed E-state index contributed by atoms with van der Waals surface area (Å²) in [5.74, 6) is 1.30. The first-order chi connectivity index (χ1) is 11.6. The predicted octanol–water partition coefficient (Wildman–Crippen LogP) is 4.45. The first-order valence-corrected chi connectivity index (χ1v) is 9.09. The van der Waals surface area contributed by atoms with E-state index in [1.807, 2.05) is 13.1 Å². The van der Waals surface area contributed by atoms with Gasteiger partial charge in [0.15, 0.2) is 0 Å². The molecule has 0 unspecified atom stereocenters. The largest absolute Gasteiger partial charge is 0.354 e. The first-order valence-electron chi connectivity index (χ1n) is 8.28. The lowest BCUT2D eigenvalue weighted by molar-refractivity contribution is 0.684. The van der Waals surface area contributed by atoms with Gasteiger partial charge >= 0.3 is 0 Å². The summed E-state index contributed by atoms with van der Waals surface area (Å²) in [6, 6.07) is 6.48. The van der Waals surface area contributed by atoms with Crippen LogP contribution in [0.25, 0.3) is 15.8 Å². The molecule has 2 heterocycles. The molecule has 0 atom stereocenters. The van der Waals surface area contributed by atoms with Crippen LogP contribution in [0.3, 0.4) is 0 Å². The van der Waals surface area contributed by atoms with Gasteiger partial charge in [-0.1, -0.05) is 26.0 Å². The van der Waals surface area contributed by atoms with Crippen molar-refractivity contribution in [2.45, 2.75) is 27.2 Å². The third kappa shape index (κ3) is 2.80. The number of nitrogens with one attached hydrogen (secondary N) is 1. The van der Waals surface area contributed by atoms with Crippen molar-refractivity contribution in [2.75, 3.05) is 11.9 Å². The minimum atomic E-state index is 0.574. The summed E-state index contributed by atoms with van der Waals surface area (Å²) in [7, 11) is 0. The molecule has 0 radical (unpaired) electrons. The van der Waals surface area contributed by atoms with Gasteiger partial charge in [0.05, 0.1) is 20.9 Å². The Hall–Kier alpha value is -2.27. The van der Waals surface area contributed by atoms with E-state index in [1.165, 1.54) is 15.8 Å². The fourth-order valence-electron chi connectivity index (χ4n) is 2.97. The molecule has 0 spiro atoms. The number of rotatable bonds is 4. The average Bonchev–Trinajstić information content (AvgIpc) is 3.13. The van der Waals surface area contributed by atoms with E-state index >= 15 is 0 Å². The highest BCUT2D eigenvalue weighted by Crippen LogP contribution is 2.34.